The number of ether oxygens (including phenoxy) is 1. The molecule has 2 fully saturated rings. The summed E-state index contributed by atoms with van der Waals surface area (Å²) in [5.41, 5.74) is -0.130. The number of aromatic nitrogens is 3. The second-order valence-electron chi connectivity index (χ2n) is 5.34. The number of carbonyl (C=O) groups is 1. The average Bonchev–Trinajstić information content (AvgIpc) is 3.11. The number of nitrogens with zero attached hydrogens (tertiary/aromatic N) is 3. The van der Waals surface area contributed by atoms with E-state index in [1.165, 1.54) is 19.2 Å². The molecular weight excluding hydrogens is 232 g/mol. The van der Waals surface area contributed by atoms with Gasteiger partial charge in [-0.3, -0.25) is 9.89 Å². The van der Waals surface area contributed by atoms with Crippen molar-refractivity contribution in [2.45, 2.75) is 31.7 Å². The molecule has 6 heteroatoms. The highest BCUT2D eigenvalue weighted by atomic mass is 16.5. The minimum Gasteiger partial charge on any atom is -0.377 e. The van der Waals surface area contributed by atoms with E-state index < -0.39 is 0 Å². The third-order valence-corrected chi connectivity index (χ3v) is 4.01. The van der Waals surface area contributed by atoms with Gasteiger partial charge in [0.05, 0.1) is 25.2 Å². The minimum atomic E-state index is -0.130. The molecule has 0 spiro atoms. The summed E-state index contributed by atoms with van der Waals surface area (Å²) in [5.74, 6) is 1.34. The minimum absolute atomic E-state index is 0.115. The van der Waals surface area contributed by atoms with Crippen LogP contribution in [0.5, 0.6) is 0 Å². The molecule has 0 bridgehead atoms. The summed E-state index contributed by atoms with van der Waals surface area (Å²) in [6, 6.07) is 0. The first-order chi connectivity index (χ1) is 8.70. The summed E-state index contributed by atoms with van der Waals surface area (Å²) in [6.45, 7) is 4.10. The summed E-state index contributed by atoms with van der Waals surface area (Å²) < 4.78 is 5.57. The van der Waals surface area contributed by atoms with E-state index in [0.717, 1.165) is 0 Å². The van der Waals surface area contributed by atoms with E-state index in [4.69, 9.17) is 4.74 Å². The molecule has 0 aromatic carbocycles. The van der Waals surface area contributed by atoms with Crippen LogP contribution in [0.3, 0.4) is 0 Å². The van der Waals surface area contributed by atoms with Crippen molar-refractivity contribution >= 4 is 5.91 Å². The maximum atomic E-state index is 12.4. The molecule has 1 atom stereocenters. The van der Waals surface area contributed by atoms with Crippen LogP contribution in [0.15, 0.2) is 6.33 Å². The molecular formula is C12H18N4O2. The van der Waals surface area contributed by atoms with Gasteiger partial charge in [-0.05, 0) is 25.7 Å². The Morgan fingerprint density at radius 3 is 3.17 bits per heavy atom. The average molecular weight is 250 g/mol. The summed E-state index contributed by atoms with van der Waals surface area (Å²) in [4.78, 5) is 18.4. The molecule has 2 aliphatic rings. The van der Waals surface area contributed by atoms with Crippen molar-refractivity contribution < 1.29 is 9.53 Å². The van der Waals surface area contributed by atoms with Gasteiger partial charge in [-0.2, -0.15) is 5.10 Å². The van der Waals surface area contributed by atoms with E-state index in [1.54, 1.807) is 0 Å². The Morgan fingerprint density at radius 1 is 1.67 bits per heavy atom. The van der Waals surface area contributed by atoms with Crippen molar-refractivity contribution in [1.82, 2.24) is 20.1 Å². The predicted octanol–water partition coefficient (Wildman–Crippen LogP) is 0.375. The first kappa shape index (κ1) is 11.6. The zero-order chi connectivity index (χ0) is 12.6. The third kappa shape index (κ3) is 2.01. The Kier molecular flexibility index (Phi) is 2.81. The Labute approximate surface area is 106 Å². The molecule has 1 saturated heterocycles. The lowest BCUT2D eigenvalue weighted by molar-refractivity contribution is -0.149. The van der Waals surface area contributed by atoms with E-state index in [-0.39, 0.29) is 11.4 Å². The molecule has 1 aromatic rings. The summed E-state index contributed by atoms with van der Waals surface area (Å²) in [5, 5.41) is 6.51. The van der Waals surface area contributed by atoms with Crippen LogP contribution in [-0.2, 0) is 16.0 Å². The van der Waals surface area contributed by atoms with E-state index in [1.807, 2.05) is 4.90 Å². The quantitative estimate of drug-likeness (QED) is 0.841. The maximum absolute atomic E-state index is 12.4. The molecule has 6 nitrogen and oxygen atoms in total. The van der Waals surface area contributed by atoms with E-state index in [2.05, 4.69) is 22.1 Å². The van der Waals surface area contributed by atoms with E-state index in [0.29, 0.717) is 37.9 Å². The predicted molar refractivity (Wildman–Crippen MR) is 63.7 cm³/mol. The fraction of sp³-hybridized carbons (Fsp3) is 0.750. The molecule has 1 N–H and O–H groups in total. The van der Waals surface area contributed by atoms with Crippen LogP contribution >= 0.6 is 0 Å². The molecule has 2 heterocycles. The van der Waals surface area contributed by atoms with Crippen LogP contribution in [-0.4, -0.2) is 51.3 Å². The topological polar surface area (TPSA) is 71.1 Å². The highest BCUT2D eigenvalue weighted by molar-refractivity contribution is 5.79. The van der Waals surface area contributed by atoms with Crippen molar-refractivity contribution in [3.05, 3.63) is 12.2 Å². The van der Waals surface area contributed by atoms with Crippen LogP contribution < -0.4 is 0 Å². The molecule has 1 amide bonds. The Bertz CT molecular complexity index is 429. The van der Waals surface area contributed by atoms with Gasteiger partial charge >= 0.3 is 0 Å². The number of hydrogen-bond donors (Lipinski definition) is 1. The lowest BCUT2D eigenvalue weighted by atomic mass is 9.92. The van der Waals surface area contributed by atoms with Crippen molar-refractivity contribution in [2.75, 3.05) is 19.8 Å². The van der Waals surface area contributed by atoms with Crippen molar-refractivity contribution in [1.29, 1.82) is 0 Å². The fourth-order valence-corrected chi connectivity index (χ4v) is 2.78. The number of aromatic amines is 1. The molecule has 1 aliphatic heterocycles. The molecule has 18 heavy (non-hydrogen) atoms. The number of morpholine rings is 1. The molecule has 1 aliphatic carbocycles. The maximum Gasteiger partial charge on any atom is 0.230 e. The molecule has 1 unspecified atom stereocenters. The van der Waals surface area contributed by atoms with Gasteiger partial charge in [-0.25, -0.2) is 4.98 Å². The number of rotatable bonds is 3. The van der Waals surface area contributed by atoms with Gasteiger partial charge in [0.2, 0.25) is 5.91 Å². The first-order valence-corrected chi connectivity index (χ1v) is 6.42. The van der Waals surface area contributed by atoms with Gasteiger partial charge in [0.15, 0.2) is 0 Å². The van der Waals surface area contributed by atoms with Gasteiger partial charge in [-0.1, -0.05) is 0 Å². The number of carbonyl (C=O) groups excluding carboxylic acids is 1. The fourth-order valence-electron chi connectivity index (χ4n) is 2.78. The molecule has 3 rings (SSSR count). The monoisotopic (exact) mass is 250 g/mol. The Balaban J connectivity index is 1.74. The van der Waals surface area contributed by atoms with Gasteiger partial charge < -0.3 is 9.64 Å². The van der Waals surface area contributed by atoms with E-state index in [9.17, 15) is 4.79 Å². The van der Waals surface area contributed by atoms with Crippen LogP contribution in [0.4, 0.5) is 0 Å². The third-order valence-electron chi connectivity index (χ3n) is 4.01. The Hall–Kier alpha value is -1.43. The molecule has 1 aromatic heterocycles. The van der Waals surface area contributed by atoms with Crippen LogP contribution in [0, 0.1) is 5.92 Å². The summed E-state index contributed by atoms with van der Waals surface area (Å²) >= 11 is 0. The summed E-state index contributed by atoms with van der Waals surface area (Å²) in [6.07, 6.45) is 4.13. The van der Waals surface area contributed by atoms with Gasteiger partial charge in [0.1, 0.15) is 12.2 Å². The van der Waals surface area contributed by atoms with Crippen molar-refractivity contribution in [3.63, 3.8) is 0 Å². The smallest absolute Gasteiger partial charge is 0.230 e. The Morgan fingerprint density at radius 2 is 2.50 bits per heavy atom. The van der Waals surface area contributed by atoms with Gasteiger partial charge in [-0.15, -0.1) is 0 Å². The highest BCUT2D eigenvalue weighted by Crippen LogP contribution is 2.44. The zero-order valence-electron chi connectivity index (χ0n) is 10.6. The standard InChI is InChI=1S/C12H18N4O2/c1-12(9-2-3-9)7-18-5-4-16(12)11(17)6-10-13-8-14-15-10/h8-9H,2-7H2,1H3,(H,13,14,15). The SMILES string of the molecule is CC1(C2CC2)COCCN1C(=O)Cc1ncn[nH]1. The second kappa shape index (κ2) is 4.35. The second-order valence-corrected chi connectivity index (χ2v) is 5.34. The largest absolute Gasteiger partial charge is 0.377 e. The summed E-state index contributed by atoms with van der Waals surface area (Å²) in [7, 11) is 0. The normalized spacial score (nSPS) is 28.4. The lowest BCUT2D eigenvalue weighted by Gasteiger charge is -2.45. The molecule has 98 valence electrons. The number of amides is 1. The zero-order valence-corrected chi connectivity index (χ0v) is 10.6. The van der Waals surface area contributed by atoms with E-state index >= 15 is 0 Å². The van der Waals surface area contributed by atoms with Crippen molar-refractivity contribution in [3.8, 4) is 0 Å². The number of nitrogens with one attached hydrogen (secondary N) is 1. The lowest BCUT2D eigenvalue weighted by Crippen LogP contribution is -2.59. The van der Waals surface area contributed by atoms with Crippen LogP contribution in [0.1, 0.15) is 25.6 Å². The molecule has 0 radical (unpaired) electrons. The molecule has 1 saturated carbocycles. The number of hydrogen-bond acceptors (Lipinski definition) is 4. The van der Waals surface area contributed by atoms with Crippen LogP contribution in [0.25, 0.3) is 0 Å². The highest BCUT2D eigenvalue weighted by Gasteiger charge is 2.49. The van der Waals surface area contributed by atoms with Gasteiger partial charge in [0.25, 0.3) is 0 Å². The number of H-pyrrole nitrogens is 1. The van der Waals surface area contributed by atoms with Crippen molar-refractivity contribution in [2.24, 2.45) is 5.92 Å². The first-order valence-electron chi connectivity index (χ1n) is 6.42. The van der Waals surface area contributed by atoms with Crippen LogP contribution in [0.2, 0.25) is 0 Å². The van der Waals surface area contributed by atoms with Gasteiger partial charge in [0, 0.05) is 6.54 Å².